The molecule has 5 heteroatoms. The van der Waals surface area contributed by atoms with E-state index in [2.05, 4.69) is 26.1 Å². The first-order valence-electron chi connectivity index (χ1n) is 9.16. The van der Waals surface area contributed by atoms with Gasteiger partial charge in [-0.05, 0) is 59.5 Å². The average molecular weight is 398 g/mol. The van der Waals surface area contributed by atoms with Crippen molar-refractivity contribution in [2.45, 2.75) is 32.7 Å². The lowest BCUT2D eigenvalue weighted by Gasteiger charge is -2.19. The monoisotopic (exact) mass is 397 g/mol. The summed E-state index contributed by atoms with van der Waals surface area (Å²) in [5, 5.41) is 3.48. The molecule has 0 aliphatic rings. The number of hydrogen-bond acceptors (Lipinski definition) is 3. The largest absolute Gasteiger partial charge is 0.484 e. The molecule has 1 aromatic heterocycles. The molecule has 0 atom stereocenters. The van der Waals surface area contributed by atoms with Gasteiger partial charge in [-0.3, -0.25) is 4.79 Å². The standard InChI is InChI=1S/C23H24ClNO3/c1-23(2,3)17-6-10-19(11-7-17)27-15-22(26)25-14-20-12-13-21(28-20)16-4-8-18(24)9-5-16/h4-13H,14-15H2,1-3H3,(H,25,26). The molecule has 4 nitrogen and oxygen atoms in total. The second kappa shape index (κ2) is 8.53. The van der Waals surface area contributed by atoms with Crippen LogP contribution in [0.2, 0.25) is 5.02 Å². The summed E-state index contributed by atoms with van der Waals surface area (Å²) in [6.45, 7) is 6.73. The van der Waals surface area contributed by atoms with E-state index in [1.165, 1.54) is 5.56 Å². The van der Waals surface area contributed by atoms with Crippen LogP contribution in [0.25, 0.3) is 11.3 Å². The number of halogens is 1. The molecule has 2 aromatic carbocycles. The second-order valence-corrected chi connectivity index (χ2v) is 8.05. The number of carbonyl (C=O) groups excluding carboxylic acids is 1. The lowest BCUT2D eigenvalue weighted by atomic mass is 9.87. The molecule has 146 valence electrons. The maximum atomic E-state index is 12.0. The minimum Gasteiger partial charge on any atom is -0.484 e. The van der Waals surface area contributed by atoms with Crippen molar-refractivity contribution in [1.29, 1.82) is 0 Å². The van der Waals surface area contributed by atoms with Crippen LogP contribution in [0.4, 0.5) is 0 Å². The highest BCUT2D eigenvalue weighted by molar-refractivity contribution is 6.30. The highest BCUT2D eigenvalue weighted by Crippen LogP contribution is 2.25. The normalized spacial score (nSPS) is 11.3. The van der Waals surface area contributed by atoms with Gasteiger partial charge in [-0.2, -0.15) is 0 Å². The van der Waals surface area contributed by atoms with Gasteiger partial charge in [0.15, 0.2) is 6.61 Å². The van der Waals surface area contributed by atoms with E-state index < -0.39 is 0 Å². The van der Waals surface area contributed by atoms with Crippen LogP contribution in [-0.2, 0) is 16.8 Å². The van der Waals surface area contributed by atoms with Gasteiger partial charge in [-0.15, -0.1) is 0 Å². The molecule has 0 saturated heterocycles. The minimum absolute atomic E-state index is 0.0420. The Morgan fingerprint density at radius 2 is 1.68 bits per heavy atom. The summed E-state index contributed by atoms with van der Waals surface area (Å²) >= 11 is 5.90. The van der Waals surface area contributed by atoms with Crippen LogP contribution < -0.4 is 10.1 Å². The zero-order valence-corrected chi connectivity index (χ0v) is 17.0. The van der Waals surface area contributed by atoms with E-state index in [1.54, 1.807) is 0 Å². The fraction of sp³-hybridized carbons (Fsp3) is 0.261. The molecule has 0 aliphatic carbocycles. The van der Waals surface area contributed by atoms with Crippen LogP contribution in [0, 0.1) is 0 Å². The minimum atomic E-state index is -0.204. The number of furan rings is 1. The van der Waals surface area contributed by atoms with E-state index in [9.17, 15) is 4.79 Å². The van der Waals surface area contributed by atoms with Crippen LogP contribution in [0.3, 0.4) is 0 Å². The first-order valence-corrected chi connectivity index (χ1v) is 9.54. The molecule has 1 heterocycles. The van der Waals surface area contributed by atoms with Gasteiger partial charge >= 0.3 is 0 Å². The van der Waals surface area contributed by atoms with Gasteiger partial charge in [0.05, 0.1) is 6.54 Å². The maximum absolute atomic E-state index is 12.0. The van der Waals surface area contributed by atoms with Gasteiger partial charge in [0, 0.05) is 10.6 Å². The number of benzene rings is 2. The summed E-state index contributed by atoms with van der Waals surface area (Å²) in [5.74, 6) is 1.87. The number of ether oxygens (including phenoxy) is 1. The quantitative estimate of drug-likeness (QED) is 0.589. The smallest absolute Gasteiger partial charge is 0.258 e. The van der Waals surface area contributed by atoms with Crippen LogP contribution in [0.1, 0.15) is 32.1 Å². The van der Waals surface area contributed by atoms with Crippen molar-refractivity contribution in [3.8, 4) is 17.1 Å². The lowest BCUT2D eigenvalue weighted by Crippen LogP contribution is -2.28. The molecule has 3 aromatic rings. The molecule has 0 bridgehead atoms. The third-order valence-electron chi connectivity index (χ3n) is 4.34. The number of rotatable bonds is 6. The zero-order valence-electron chi connectivity index (χ0n) is 16.3. The van der Waals surface area contributed by atoms with Gasteiger partial charge < -0.3 is 14.5 Å². The van der Waals surface area contributed by atoms with Crippen LogP contribution in [-0.4, -0.2) is 12.5 Å². The SMILES string of the molecule is CC(C)(C)c1ccc(OCC(=O)NCc2ccc(-c3ccc(Cl)cc3)o2)cc1. The number of amides is 1. The fourth-order valence-corrected chi connectivity index (χ4v) is 2.80. The third-order valence-corrected chi connectivity index (χ3v) is 4.59. The van der Waals surface area contributed by atoms with Gasteiger partial charge in [0.25, 0.3) is 5.91 Å². The maximum Gasteiger partial charge on any atom is 0.258 e. The molecule has 0 radical (unpaired) electrons. The Morgan fingerprint density at radius 3 is 2.32 bits per heavy atom. The Labute approximate surface area is 170 Å². The topological polar surface area (TPSA) is 51.5 Å². The van der Waals surface area contributed by atoms with Gasteiger partial charge in [-0.1, -0.05) is 44.5 Å². The molecule has 0 fully saturated rings. The van der Waals surface area contributed by atoms with Crippen LogP contribution in [0.5, 0.6) is 5.75 Å². The van der Waals surface area contributed by atoms with Crippen molar-refractivity contribution in [3.63, 3.8) is 0 Å². The van der Waals surface area contributed by atoms with E-state index in [0.29, 0.717) is 23.1 Å². The molecule has 1 amide bonds. The van der Waals surface area contributed by atoms with E-state index in [-0.39, 0.29) is 17.9 Å². The fourth-order valence-electron chi connectivity index (χ4n) is 2.68. The van der Waals surface area contributed by atoms with Gasteiger partial charge in [-0.25, -0.2) is 0 Å². The lowest BCUT2D eigenvalue weighted by molar-refractivity contribution is -0.123. The van der Waals surface area contributed by atoms with E-state index in [4.69, 9.17) is 20.8 Å². The Balaban J connectivity index is 1.47. The predicted molar refractivity (Wildman–Crippen MR) is 112 cm³/mol. The Bertz CT molecular complexity index is 922. The van der Waals surface area contributed by atoms with Crippen LogP contribution >= 0.6 is 11.6 Å². The van der Waals surface area contributed by atoms with E-state index in [0.717, 1.165) is 11.3 Å². The number of hydrogen-bond donors (Lipinski definition) is 1. The zero-order chi connectivity index (χ0) is 20.1. The highest BCUT2D eigenvalue weighted by atomic mass is 35.5. The number of carbonyl (C=O) groups is 1. The molecule has 1 N–H and O–H groups in total. The molecular weight excluding hydrogens is 374 g/mol. The van der Waals surface area contributed by atoms with E-state index >= 15 is 0 Å². The second-order valence-electron chi connectivity index (χ2n) is 7.61. The first kappa shape index (κ1) is 20.0. The Kier molecular flexibility index (Phi) is 6.10. The van der Waals surface area contributed by atoms with Crippen molar-refractivity contribution < 1.29 is 13.9 Å². The van der Waals surface area contributed by atoms with Crippen molar-refractivity contribution in [3.05, 3.63) is 77.0 Å². The Hall–Kier alpha value is -2.72. The predicted octanol–water partition coefficient (Wildman–Crippen LogP) is 5.59. The molecule has 0 spiro atoms. The summed E-state index contributed by atoms with van der Waals surface area (Å²) in [4.78, 5) is 12.0. The number of nitrogens with one attached hydrogen (secondary N) is 1. The van der Waals surface area contributed by atoms with Crippen molar-refractivity contribution in [2.24, 2.45) is 0 Å². The van der Waals surface area contributed by atoms with Gasteiger partial charge in [0.2, 0.25) is 0 Å². The average Bonchev–Trinajstić information content (AvgIpc) is 3.14. The van der Waals surface area contributed by atoms with Gasteiger partial charge in [0.1, 0.15) is 17.3 Å². The summed E-state index contributed by atoms with van der Waals surface area (Å²) in [6.07, 6.45) is 0. The summed E-state index contributed by atoms with van der Waals surface area (Å²) in [6, 6.07) is 18.9. The van der Waals surface area contributed by atoms with Crippen molar-refractivity contribution in [2.75, 3.05) is 6.61 Å². The molecule has 0 saturated carbocycles. The summed E-state index contributed by atoms with van der Waals surface area (Å²) in [5.41, 5.74) is 2.24. The molecule has 3 rings (SSSR count). The molecular formula is C23H24ClNO3. The molecule has 0 unspecified atom stereocenters. The first-order chi connectivity index (χ1) is 13.3. The van der Waals surface area contributed by atoms with Crippen LogP contribution in [0.15, 0.2) is 65.1 Å². The van der Waals surface area contributed by atoms with Crippen molar-refractivity contribution in [1.82, 2.24) is 5.32 Å². The summed E-state index contributed by atoms with van der Waals surface area (Å²) in [7, 11) is 0. The Morgan fingerprint density at radius 1 is 1.00 bits per heavy atom. The molecule has 0 aliphatic heterocycles. The third kappa shape index (κ3) is 5.40. The van der Waals surface area contributed by atoms with Crippen molar-refractivity contribution >= 4 is 17.5 Å². The highest BCUT2D eigenvalue weighted by Gasteiger charge is 2.13. The summed E-state index contributed by atoms with van der Waals surface area (Å²) < 4.78 is 11.3. The van der Waals surface area contributed by atoms with E-state index in [1.807, 2.05) is 60.7 Å². The molecule has 28 heavy (non-hydrogen) atoms.